The van der Waals surface area contributed by atoms with Crippen molar-refractivity contribution in [1.82, 2.24) is 0 Å². The molecule has 0 saturated heterocycles. The van der Waals surface area contributed by atoms with E-state index in [0.717, 1.165) is 23.7 Å². The molecule has 0 aliphatic heterocycles. The third kappa shape index (κ3) is 18.0. The maximum atomic E-state index is 2.52. The quantitative estimate of drug-likeness (QED) is 0.400. The maximum absolute atomic E-state index is 2.52. The van der Waals surface area contributed by atoms with Gasteiger partial charge in [0.05, 0.1) is 0 Å². The first-order chi connectivity index (χ1) is 13.9. The van der Waals surface area contributed by atoms with Crippen molar-refractivity contribution in [2.75, 3.05) is 0 Å². The minimum atomic E-state index is 0.804. The third-order valence-electron chi connectivity index (χ3n) is 6.03. The molecular formula is C29H58. The van der Waals surface area contributed by atoms with Crippen LogP contribution < -0.4 is 0 Å². The summed E-state index contributed by atoms with van der Waals surface area (Å²) in [6.07, 6.45) is 25.4. The maximum Gasteiger partial charge on any atom is -0.0260 e. The Kier molecular flexibility index (Phi) is 21.9. The standard InChI is InChI=1S/C11H18.C7H14.C5H10.C4H10.C2H6/c1-2-10-4-8-11(9-5-10)6-3-7-11;1-7-5-3-2-4-6-7;1-3-5-4-2;1-4(2)3;1-2/h4H,2-3,5-9H2,1H3;7H,2-6H2,1H3;3,5H,4H2,1-2H3;4H,1-3H3;1-2H3/b;;5-3-;;. The van der Waals surface area contributed by atoms with Crippen LogP contribution in [-0.4, -0.2) is 0 Å². The van der Waals surface area contributed by atoms with E-state index < -0.39 is 0 Å². The summed E-state index contributed by atoms with van der Waals surface area (Å²) in [6.45, 7) is 19.3. The topological polar surface area (TPSA) is 0 Å². The van der Waals surface area contributed by atoms with Gasteiger partial charge in [-0.1, -0.05) is 118 Å². The molecule has 3 aliphatic rings. The minimum Gasteiger partial charge on any atom is -0.0917 e. The van der Waals surface area contributed by atoms with E-state index in [1.165, 1.54) is 77.0 Å². The summed E-state index contributed by atoms with van der Waals surface area (Å²) in [5, 5.41) is 0. The van der Waals surface area contributed by atoms with Gasteiger partial charge in [-0.25, -0.2) is 0 Å². The Hall–Kier alpha value is -0.520. The summed E-state index contributed by atoms with van der Waals surface area (Å²) in [4.78, 5) is 0. The van der Waals surface area contributed by atoms with Crippen molar-refractivity contribution in [2.45, 2.75) is 146 Å². The summed E-state index contributed by atoms with van der Waals surface area (Å²) < 4.78 is 0. The molecule has 3 aliphatic carbocycles. The molecule has 2 fully saturated rings. The smallest absolute Gasteiger partial charge is 0.0260 e. The summed E-state index contributed by atoms with van der Waals surface area (Å²) in [7, 11) is 0. The predicted octanol–water partition coefficient (Wildman–Crippen LogP) is 10.9. The molecule has 0 unspecified atom stereocenters. The van der Waals surface area contributed by atoms with E-state index in [1.807, 2.05) is 20.8 Å². The number of allylic oxidation sites excluding steroid dienone is 4. The van der Waals surface area contributed by atoms with Crippen molar-refractivity contribution in [1.29, 1.82) is 0 Å². The van der Waals surface area contributed by atoms with Crippen molar-refractivity contribution in [2.24, 2.45) is 17.3 Å². The van der Waals surface area contributed by atoms with Crippen LogP contribution in [-0.2, 0) is 0 Å². The zero-order valence-corrected chi connectivity index (χ0v) is 22.1. The molecule has 0 aromatic carbocycles. The Morgan fingerprint density at radius 1 is 0.966 bits per heavy atom. The van der Waals surface area contributed by atoms with Gasteiger partial charge in [0, 0.05) is 0 Å². The van der Waals surface area contributed by atoms with Gasteiger partial charge < -0.3 is 0 Å². The Bertz CT molecular complexity index is 372. The molecule has 0 radical (unpaired) electrons. The fourth-order valence-corrected chi connectivity index (χ4v) is 3.99. The van der Waals surface area contributed by atoms with Gasteiger partial charge in [-0.2, -0.15) is 0 Å². The Morgan fingerprint density at radius 3 is 1.72 bits per heavy atom. The van der Waals surface area contributed by atoms with Crippen LogP contribution in [0.4, 0.5) is 0 Å². The van der Waals surface area contributed by atoms with Gasteiger partial charge in [0.25, 0.3) is 0 Å². The molecule has 0 amide bonds. The van der Waals surface area contributed by atoms with E-state index in [0.29, 0.717) is 0 Å². The predicted molar refractivity (Wildman–Crippen MR) is 138 cm³/mol. The molecule has 29 heavy (non-hydrogen) atoms. The molecule has 174 valence electrons. The molecule has 2 saturated carbocycles. The highest BCUT2D eigenvalue weighted by atomic mass is 14.4. The van der Waals surface area contributed by atoms with E-state index in [-0.39, 0.29) is 0 Å². The zero-order valence-electron chi connectivity index (χ0n) is 22.1. The first-order valence-corrected chi connectivity index (χ1v) is 13.2. The first kappa shape index (κ1) is 30.7. The van der Waals surface area contributed by atoms with Crippen LogP contribution in [0.1, 0.15) is 146 Å². The molecule has 0 N–H and O–H groups in total. The average molecular weight is 407 g/mol. The van der Waals surface area contributed by atoms with E-state index in [2.05, 4.69) is 59.8 Å². The second-order valence-corrected chi connectivity index (χ2v) is 9.73. The summed E-state index contributed by atoms with van der Waals surface area (Å²) >= 11 is 0. The molecular weight excluding hydrogens is 348 g/mol. The fourth-order valence-electron chi connectivity index (χ4n) is 3.99. The zero-order chi connectivity index (χ0) is 22.5. The van der Waals surface area contributed by atoms with Crippen molar-refractivity contribution in [3.05, 3.63) is 23.8 Å². The van der Waals surface area contributed by atoms with Gasteiger partial charge in [-0.15, -0.1) is 0 Å². The van der Waals surface area contributed by atoms with Gasteiger partial charge in [-0.3, -0.25) is 0 Å². The van der Waals surface area contributed by atoms with Crippen molar-refractivity contribution in [3.8, 4) is 0 Å². The molecule has 0 heteroatoms. The van der Waals surface area contributed by atoms with Crippen molar-refractivity contribution < 1.29 is 0 Å². The molecule has 0 atom stereocenters. The lowest BCUT2D eigenvalue weighted by atomic mass is 9.61. The van der Waals surface area contributed by atoms with Gasteiger partial charge >= 0.3 is 0 Å². The Labute approximate surface area is 187 Å². The second-order valence-electron chi connectivity index (χ2n) is 9.73. The number of hydrogen-bond acceptors (Lipinski definition) is 0. The lowest BCUT2D eigenvalue weighted by Crippen LogP contribution is -2.30. The van der Waals surface area contributed by atoms with Crippen LogP contribution in [0.3, 0.4) is 0 Å². The molecule has 1 spiro atoms. The van der Waals surface area contributed by atoms with Crippen molar-refractivity contribution >= 4 is 0 Å². The Morgan fingerprint density at radius 2 is 1.52 bits per heavy atom. The van der Waals surface area contributed by atoms with Gasteiger partial charge in [0.1, 0.15) is 0 Å². The second kappa shape index (κ2) is 20.7. The summed E-state index contributed by atoms with van der Waals surface area (Å²) in [5.41, 5.74) is 2.51. The average Bonchev–Trinajstić information content (AvgIpc) is 2.70. The van der Waals surface area contributed by atoms with E-state index in [1.54, 1.807) is 5.57 Å². The third-order valence-corrected chi connectivity index (χ3v) is 6.03. The summed E-state index contributed by atoms with van der Waals surface area (Å²) in [6, 6.07) is 0. The largest absolute Gasteiger partial charge is 0.0917 e. The van der Waals surface area contributed by atoms with Crippen LogP contribution >= 0.6 is 0 Å². The van der Waals surface area contributed by atoms with E-state index in [4.69, 9.17) is 0 Å². The highest BCUT2D eigenvalue weighted by molar-refractivity contribution is 5.10. The van der Waals surface area contributed by atoms with Gasteiger partial charge in [-0.05, 0) is 69.1 Å². The fraction of sp³-hybridized carbons (Fsp3) is 0.862. The van der Waals surface area contributed by atoms with Gasteiger partial charge in [0.15, 0.2) is 0 Å². The minimum absolute atomic E-state index is 0.804. The summed E-state index contributed by atoms with van der Waals surface area (Å²) in [5.74, 6) is 1.87. The SMILES string of the molecule is C/C=C\CC.CC.CC(C)C.CC1CCCCC1.CCC1=CCC2(CCC2)CC1. The van der Waals surface area contributed by atoms with Gasteiger partial charge in [0.2, 0.25) is 0 Å². The molecule has 0 aromatic rings. The van der Waals surface area contributed by atoms with Crippen LogP contribution in [0.2, 0.25) is 0 Å². The normalized spacial score (nSPS) is 19.9. The van der Waals surface area contributed by atoms with E-state index >= 15 is 0 Å². The monoisotopic (exact) mass is 406 g/mol. The molecule has 0 heterocycles. The molecule has 0 nitrogen and oxygen atoms in total. The van der Waals surface area contributed by atoms with Crippen LogP contribution in [0, 0.1) is 17.3 Å². The highest BCUT2D eigenvalue weighted by Crippen LogP contribution is 2.51. The highest BCUT2D eigenvalue weighted by Gasteiger charge is 2.36. The van der Waals surface area contributed by atoms with Crippen LogP contribution in [0.15, 0.2) is 23.8 Å². The van der Waals surface area contributed by atoms with Crippen molar-refractivity contribution in [3.63, 3.8) is 0 Å². The molecule has 3 rings (SSSR count). The number of rotatable bonds is 2. The lowest BCUT2D eigenvalue weighted by molar-refractivity contribution is 0.116. The number of hydrogen-bond donors (Lipinski definition) is 0. The molecule has 0 bridgehead atoms. The van der Waals surface area contributed by atoms with Crippen LogP contribution in [0.25, 0.3) is 0 Å². The Balaban J connectivity index is 0. The van der Waals surface area contributed by atoms with E-state index in [9.17, 15) is 0 Å². The lowest BCUT2D eigenvalue weighted by Gasteiger charge is -2.44. The molecule has 0 aromatic heterocycles. The first-order valence-electron chi connectivity index (χ1n) is 13.2. The van der Waals surface area contributed by atoms with Crippen LogP contribution in [0.5, 0.6) is 0 Å².